The zero-order valence-corrected chi connectivity index (χ0v) is 12.9. The van der Waals surface area contributed by atoms with Gasteiger partial charge in [-0.15, -0.1) is 11.8 Å². The van der Waals surface area contributed by atoms with Crippen molar-refractivity contribution in [1.82, 2.24) is 25.6 Å². The number of thioether (sulfide) groups is 1. The van der Waals surface area contributed by atoms with Crippen molar-refractivity contribution in [3.05, 3.63) is 48.2 Å². The fraction of sp³-hybridized carbons (Fsp3) is 0.0714. The van der Waals surface area contributed by atoms with Gasteiger partial charge in [-0.25, -0.2) is 4.98 Å². The van der Waals surface area contributed by atoms with Crippen LogP contribution >= 0.6 is 11.8 Å². The van der Waals surface area contributed by atoms with E-state index >= 15 is 0 Å². The second-order valence-electron chi connectivity index (χ2n) is 4.34. The van der Waals surface area contributed by atoms with Crippen LogP contribution in [0.3, 0.4) is 0 Å². The van der Waals surface area contributed by atoms with Crippen LogP contribution in [0.5, 0.6) is 11.8 Å². The quantitative estimate of drug-likeness (QED) is 0.692. The molecule has 0 spiro atoms. The SMILES string of the molecule is CSc1ncccc1C(=O)Nc1ccc(Oc2nn[nH]n2)cc1. The molecule has 116 valence electrons. The predicted octanol–water partition coefficient (Wildman–Crippen LogP) is 2.36. The first kappa shape index (κ1) is 15.0. The third kappa shape index (κ3) is 3.64. The van der Waals surface area contributed by atoms with Gasteiger partial charge in [0.25, 0.3) is 5.91 Å². The highest BCUT2D eigenvalue weighted by atomic mass is 32.2. The number of nitrogens with one attached hydrogen (secondary N) is 2. The maximum atomic E-state index is 12.3. The number of H-pyrrole nitrogens is 1. The van der Waals surface area contributed by atoms with Gasteiger partial charge >= 0.3 is 6.01 Å². The molecule has 1 aromatic carbocycles. The highest BCUT2D eigenvalue weighted by Crippen LogP contribution is 2.21. The van der Waals surface area contributed by atoms with E-state index in [1.54, 1.807) is 42.6 Å². The Hall–Kier alpha value is -2.94. The summed E-state index contributed by atoms with van der Waals surface area (Å²) >= 11 is 1.42. The number of hydrogen-bond acceptors (Lipinski definition) is 7. The summed E-state index contributed by atoms with van der Waals surface area (Å²) in [6, 6.07) is 10.4. The van der Waals surface area contributed by atoms with Crippen LogP contribution < -0.4 is 10.1 Å². The molecular formula is C14H12N6O2S. The third-order valence-corrected chi connectivity index (χ3v) is 3.57. The number of anilines is 1. The maximum Gasteiger partial charge on any atom is 0.361 e. The number of nitrogens with zero attached hydrogens (tertiary/aromatic N) is 4. The molecule has 0 atom stereocenters. The van der Waals surface area contributed by atoms with Crippen LogP contribution in [0, 0.1) is 0 Å². The Balaban J connectivity index is 1.69. The zero-order valence-electron chi connectivity index (χ0n) is 12.1. The van der Waals surface area contributed by atoms with E-state index in [1.807, 2.05) is 6.26 Å². The van der Waals surface area contributed by atoms with Gasteiger partial charge in [-0.1, -0.05) is 10.2 Å². The monoisotopic (exact) mass is 328 g/mol. The Morgan fingerprint density at radius 2 is 2.09 bits per heavy atom. The number of tetrazole rings is 1. The fourth-order valence-corrected chi connectivity index (χ4v) is 2.38. The molecule has 0 unspecified atom stereocenters. The average molecular weight is 328 g/mol. The summed E-state index contributed by atoms with van der Waals surface area (Å²) in [6.45, 7) is 0. The Bertz CT molecular complexity index is 791. The van der Waals surface area contributed by atoms with Gasteiger partial charge in [0, 0.05) is 11.9 Å². The van der Waals surface area contributed by atoms with Crippen molar-refractivity contribution in [2.45, 2.75) is 5.03 Å². The molecule has 0 saturated carbocycles. The van der Waals surface area contributed by atoms with Gasteiger partial charge < -0.3 is 10.1 Å². The van der Waals surface area contributed by atoms with Crippen LogP contribution in [-0.2, 0) is 0 Å². The van der Waals surface area contributed by atoms with E-state index in [0.717, 1.165) is 0 Å². The topological polar surface area (TPSA) is 106 Å². The maximum absolute atomic E-state index is 12.3. The molecule has 0 aliphatic rings. The summed E-state index contributed by atoms with van der Waals surface area (Å²) < 4.78 is 5.36. The molecule has 0 saturated heterocycles. The second-order valence-corrected chi connectivity index (χ2v) is 5.13. The van der Waals surface area contributed by atoms with Gasteiger partial charge in [0.1, 0.15) is 10.8 Å². The lowest BCUT2D eigenvalue weighted by Crippen LogP contribution is -2.13. The molecule has 3 rings (SSSR count). The van der Waals surface area contributed by atoms with Crippen LogP contribution in [0.1, 0.15) is 10.4 Å². The second kappa shape index (κ2) is 6.88. The molecule has 0 aliphatic carbocycles. The van der Waals surface area contributed by atoms with Crippen molar-refractivity contribution in [1.29, 1.82) is 0 Å². The molecule has 0 fully saturated rings. The molecule has 8 nitrogen and oxygen atoms in total. The van der Waals surface area contributed by atoms with Crippen LogP contribution in [0.15, 0.2) is 47.6 Å². The van der Waals surface area contributed by atoms with Crippen molar-refractivity contribution in [2.24, 2.45) is 0 Å². The minimum absolute atomic E-state index is 0.127. The van der Waals surface area contributed by atoms with Gasteiger partial charge in [0.15, 0.2) is 0 Å². The number of carbonyl (C=O) groups is 1. The van der Waals surface area contributed by atoms with Crippen LogP contribution in [-0.4, -0.2) is 37.8 Å². The Morgan fingerprint density at radius 1 is 1.26 bits per heavy atom. The minimum atomic E-state index is -0.214. The first-order valence-corrected chi connectivity index (χ1v) is 7.80. The summed E-state index contributed by atoms with van der Waals surface area (Å²) in [5, 5.41) is 16.6. The Labute approximate surface area is 135 Å². The van der Waals surface area contributed by atoms with Crippen molar-refractivity contribution < 1.29 is 9.53 Å². The van der Waals surface area contributed by atoms with Crippen molar-refractivity contribution in [2.75, 3.05) is 11.6 Å². The number of aromatic nitrogens is 5. The molecule has 2 heterocycles. The molecule has 23 heavy (non-hydrogen) atoms. The van der Waals surface area contributed by atoms with Gasteiger partial charge in [-0.3, -0.25) is 4.79 Å². The number of pyridine rings is 1. The van der Waals surface area contributed by atoms with Crippen molar-refractivity contribution >= 4 is 23.4 Å². The Kier molecular flexibility index (Phi) is 4.48. The molecule has 3 aromatic rings. The molecule has 2 aromatic heterocycles. The lowest BCUT2D eigenvalue weighted by molar-refractivity contribution is 0.102. The fourth-order valence-electron chi connectivity index (χ4n) is 1.83. The van der Waals surface area contributed by atoms with Gasteiger partial charge in [0.05, 0.1) is 5.56 Å². The summed E-state index contributed by atoms with van der Waals surface area (Å²) in [4.78, 5) is 16.5. The highest BCUT2D eigenvalue weighted by molar-refractivity contribution is 7.98. The first-order chi connectivity index (χ1) is 11.3. The molecule has 2 N–H and O–H groups in total. The van der Waals surface area contributed by atoms with E-state index in [1.165, 1.54) is 11.8 Å². The molecule has 0 radical (unpaired) electrons. The Morgan fingerprint density at radius 3 is 2.78 bits per heavy atom. The van der Waals surface area contributed by atoms with E-state index in [2.05, 4.69) is 30.9 Å². The van der Waals surface area contributed by atoms with Crippen molar-refractivity contribution in [3.8, 4) is 11.8 Å². The van der Waals surface area contributed by atoms with E-state index in [4.69, 9.17) is 4.74 Å². The normalized spacial score (nSPS) is 10.3. The summed E-state index contributed by atoms with van der Waals surface area (Å²) in [7, 11) is 0. The van der Waals surface area contributed by atoms with E-state index in [9.17, 15) is 4.79 Å². The number of ether oxygens (including phenoxy) is 1. The van der Waals surface area contributed by atoms with Crippen LogP contribution in [0.4, 0.5) is 5.69 Å². The number of benzene rings is 1. The van der Waals surface area contributed by atoms with E-state index < -0.39 is 0 Å². The van der Waals surface area contributed by atoms with E-state index in [-0.39, 0.29) is 11.9 Å². The molecule has 0 aliphatic heterocycles. The molecule has 0 bridgehead atoms. The van der Waals surface area contributed by atoms with E-state index in [0.29, 0.717) is 22.0 Å². The molecule has 9 heteroatoms. The number of hydrogen-bond donors (Lipinski definition) is 2. The smallest absolute Gasteiger partial charge is 0.361 e. The molecule has 1 amide bonds. The predicted molar refractivity (Wildman–Crippen MR) is 84.7 cm³/mol. The average Bonchev–Trinajstić information content (AvgIpc) is 3.09. The standard InChI is InChI=1S/C14H12N6O2S/c1-23-13-11(3-2-8-15-13)12(21)16-9-4-6-10(7-5-9)22-14-17-19-20-18-14/h2-8H,1H3,(H,16,21)(H,17,18,19,20). The van der Waals surface area contributed by atoms with Gasteiger partial charge in [0.2, 0.25) is 0 Å². The first-order valence-electron chi connectivity index (χ1n) is 6.58. The molecular weight excluding hydrogens is 316 g/mol. The van der Waals surface area contributed by atoms with Crippen LogP contribution in [0.25, 0.3) is 0 Å². The number of amides is 1. The summed E-state index contributed by atoms with van der Waals surface area (Å²) in [5.41, 5.74) is 1.18. The minimum Gasteiger partial charge on any atom is -0.422 e. The number of carbonyl (C=O) groups excluding carboxylic acids is 1. The van der Waals surface area contributed by atoms with Crippen molar-refractivity contribution in [3.63, 3.8) is 0 Å². The zero-order chi connectivity index (χ0) is 16.1. The summed E-state index contributed by atoms with van der Waals surface area (Å²) in [5.74, 6) is 0.324. The number of aromatic amines is 1. The van der Waals surface area contributed by atoms with Gasteiger partial charge in [-0.2, -0.15) is 5.21 Å². The van der Waals surface area contributed by atoms with Crippen LogP contribution in [0.2, 0.25) is 0 Å². The van der Waals surface area contributed by atoms with Gasteiger partial charge in [-0.05, 0) is 47.9 Å². The largest absolute Gasteiger partial charge is 0.422 e. The third-order valence-electron chi connectivity index (χ3n) is 2.86. The highest BCUT2D eigenvalue weighted by Gasteiger charge is 2.12. The lowest BCUT2D eigenvalue weighted by Gasteiger charge is -2.08. The summed E-state index contributed by atoms with van der Waals surface area (Å²) in [6.07, 6.45) is 3.54. The lowest BCUT2D eigenvalue weighted by atomic mass is 10.2. The number of rotatable bonds is 5.